The molecule has 0 spiro atoms. The van der Waals surface area contributed by atoms with E-state index >= 15 is 0 Å². The average Bonchev–Trinajstić information content (AvgIpc) is 2.38. The lowest BCUT2D eigenvalue weighted by Crippen LogP contribution is -2.37. The Hall–Kier alpha value is -1.88. The maximum atomic E-state index is 12.1. The van der Waals surface area contributed by atoms with Crippen molar-refractivity contribution in [1.82, 2.24) is 4.72 Å². The summed E-state index contributed by atoms with van der Waals surface area (Å²) in [5.74, 6) is -0.631. The highest BCUT2D eigenvalue weighted by atomic mass is 32.2. The van der Waals surface area contributed by atoms with Crippen LogP contribution < -0.4 is 4.72 Å². The van der Waals surface area contributed by atoms with Crippen molar-refractivity contribution < 1.29 is 14.1 Å². The van der Waals surface area contributed by atoms with Crippen LogP contribution in [-0.4, -0.2) is 20.0 Å². The van der Waals surface area contributed by atoms with Crippen LogP contribution in [0.4, 0.5) is 0 Å². The van der Waals surface area contributed by atoms with Crippen LogP contribution in [0.5, 0.6) is 5.75 Å². The Labute approximate surface area is 120 Å². The normalized spacial score (nSPS) is 13.2. The molecule has 0 aromatic heterocycles. The Kier molecular flexibility index (Phi) is 3.81. The number of carbonyl (C=O) groups excluding carboxylic acids is 1. The van der Waals surface area contributed by atoms with Gasteiger partial charge in [0.25, 0.3) is 5.91 Å². The zero-order valence-electron chi connectivity index (χ0n) is 11.6. The Balaban J connectivity index is 2.36. The summed E-state index contributed by atoms with van der Waals surface area (Å²) in [5, 5.41) is 11.6. The van der Waals surface area contributed by atoms with Gasteiger partial charge in [0.1, 0.15) is 16.7 Å². The first kappa shape index (κ1) is 14.5. The van der Waals surface area contributed by atoms with Crippen LogP contribution in [0.15, 0.2) is 36.4 Å². The van der Waals surface area contributed by atoms with Gasteiger partial charge in [0.05, 0.1) is 10.3 Å². The van der Waals surface area contributed by atoms with E-state index in [1.165, 1.54) is 6.07 Å². The minimum atomic E-state index is -1.52. The highest BCUT2D eigenvalue weighted by Crippen LogP contribution is 2.28. The van der Waals surface area contributed by atoms with E-state index in [0.717, 1.165) is 5.39 Å². The summed E-state index contributed by atoms with van der Waals surface area (Å²) >= 11 is 0. The fourth-order valence-electron chi connectivity index (χ4n) is 1.73. The average molecular weight is 291 g/mol. The number of nitrogens with one attached hydrogen (secondary N) is 1. The lowest BCUT2D eigenvalue weighted by molar-refractivity contribution is 0.0980. The van der Waals surface area contributed by atoms with E-state index in [2.05, 4.69) is 4.72 Å². The van der Waals surface area contributed by atoms with Gasteiger partial charge in [-0.25, -0.2) is 4.21 Å². The van der Waals surface area contributed by atoms with Gasteiger partial charge in [0.15, 0.2) is 0 Å². The van der Waals surface area contributed by atoms with Gasteiger partial charge in [-0.15, -0.1) is 0 Å². The number of aromatic hydroxyl groups is 1. The molecule has 1 unspecified atom stereocenters. The van der Waals surface area contributed by atoms with E-state index in [4.69, 9.17) is 0 Å². The number of carbonyl (C=O) groups is 1. The second-order valence-corrected chi connectivity index (χ2v) is 7.46. The van der Waals surface area contributed by atoms with E-state index in [9.17, 15) is 14.1 Å². The van der Waals surface area contributed by atoms with E-state index in [1.807, 2.05) is 12.1 Å². The molecule has 2 aromatic rings. The summed E-state index contributed by atoms with van der Waals surface area (Å²) < 4.78 is 13.8. The highest BCUT2D eigenvalue weighted by molar-refractivity contribution is 7.85. The summed E-state index contributed by atoms with van der Waals surface area (Å²) in [4.78, 5) is 12.1. The molecule has 5 heteroatoms. The number of benzene rings is 2. The third-order valence-electron chi connectivity index (χ3n) is 2.89. The minimum Gasteiger partial charge on any atom is -0.506 e. The molecule has 20 heavy (non-hydrogen) atoms. The third-order valence-corrected chi connectivity index (χ3v) is 4.37. The Morgan fingerprint density at radius 2 is 1.80 bits per heavy atom. The first-order valence-corrected chi connectivity index (χ1v) is 7.39. The number of phenolic OH excluding ortho intramolecular Hbond substituents is 1. The molecular weight excluding hydrogens is 274 g/mol. The molecule has 0 radical (unpaired) electrons. The number of hydrogen-bond donors (Lipinski definition) is 2. The molecule has 106 valence electrons. The molecule has 0 aliphatic rings. The predicted molar refractivity (Wildman–Crippen MR) is 81.0 cm³/mol. The number of fused-ring (bicyclic) bond motifs is 1. The van der Waals surface area contributed by atoms with Crippen molar-refractivity contribution in [3.05, 3.63) is 42.0 Å². The molecule has 1 atom stereocenters. The van der Waals surface area contributed by atoms with Crippen molar-refractivity contribution in [2.45, 2.75) is 25.5 Å². The lowest BCUT2D eigenvalue weighted by atomic mass is 10.1. The fraction of sp³-hybridized carbons (Fsp3) is 0.267. The Morgan fingerprint density at radius 1 is 1.15 bits per heavy atom. The molecule has 2 rings (SSSR count). The minimum absolute atomic E-state index is 0.0912. The van der Waals surface area contributed by atoms with Crippen molar-refractivity contribution >= 4 is 27.7 Å². The van der Waals surface area contributed by atoms with Crippen LogP contribution >= 0.6 is 0 Å². The zero-order valence-corrected chi connectivity index (χ0v) is 12.5. The van der Waals surface area contributed by atoms with Crippen molar-refractivity contribution in [2.24, 2.45) is 0 Å². The van der Waals surface area contributed by atoms with Gasteiger partial charge in [0, 0.05) is 5.39 Å². The van der Waals surface area contributed by atoms with Crippen LogP contribution in [0.3, 0.4) is 0 Å². The SMILES string of the molecule is CC(C)(C)S(=O)NC(=O)c1ccc2ccccc2c1O. The van der Waals surface area contributed by atoms with Crippen molar-refractivity contribution in [2.75, 3.05) is 0 Å². The second kappa shape index (κ2) is 5.25. The number of hydrogen-bond acceptors (Lipinski definition) is 3. The first-order valence-electron chi connectivity index (χ1n) is 6.24. The molecule has 0 saturated carbocycles. The first-order chi connectivity index (χ1) is 9.30. The van der Waals surface area contributed by atoms with Crippen molar-refractivity contribution in [3.63, 3.8) is 0 Å². The van der Waals surface area contributed by atoms with Crippen molar-refractivity contribution in [3.8, 4) is 5.75 Å². The maximum absolute atomic E-state index is 12.1. The van der Waals surface area contributed by atoms with E-state index in [1.54, 1.807) is 39.0 Å². The molecule has 0 bridgehead atoms. The van der Waals surface area contributed by atoms with Crippen LogP contribution in [0.1, 0.15) is 31.1 Å². The molecule has 0 fully saturated rings. The van der Waals surface area contributed by atoms with Gasteiger partial charge in [0.2, 0.25) is 0 Å². The Morgan fingerprint density at radius 3 is 2.45 bits per heavy atom. The van der Waals surface area contributed by atoms with Gasteiger partial charge >= 0.3 is 0 Å². The van der Waals surface area contributed by atoms with Gasteiger partial charge in [-0.3, -0.25) is 9.52 Å². The zero-order chi connectivity index (χ0) is 14.9. The number of rotatable bonds is 2. The monoisotopic (exact) mass is 291 g/mol. The quantitative estimate of drug-likeness (QED) is 0.894. The molecule has 0 saturated heterocycles. The van der Waals surface area contributed by atoms with Crippen LogP contribution in [0, 0.1) is 0 Å². The summed E-state index contributed by atoms with van der Waals surface area (Å²) in [6, 6.07) is 10.5. The smallest absolute Gasteiger partial charge is 0.266 e. The molecule has 4 nitrogen and oxygen atoms in total. The van der Waals surface area contributed by atoms with E-state index in [-0.39, 0.29) is 11.3 Å². The summed E-state index contributed by atoms with van der Waals surface area (Å²) in [6.45, 7) is 5.30. The van der Waals surface area contributed by atoms with Gasteiger partial charge in [-0.1, -0.05) is 30.3 Å². The second-order valence-electron chi connectivity index (χ2n) is 5.50. The maximum Gasteiger partial charge on any atom is 0.266 e. The van der Waals surface area contributed by atoms with Gasteiger partial charge in [-0.2, -0.15) is 0 Å². The fourth-order valence-corrected chi connectivity index (χ4v) is 2.32. The number of amides is 1. The van der Waals surface area contributed by atoms with E-state index in [0.29, 0.717) is 5.39 Å². The molecule has 1 amide bonds. The lowest BCUT2D eigenvalue weighted by Gasteiger charge is -2.18. The van der Waals surface area contributed by atoms with Gasteiger partial charge < -0.3 is 5.11 Å². The standard InChI is InChI=1S/C15H17NO3S/c1-15(2,3)20(19)16-14(18)12-9-8-10-6-4-5-7-11(10)13(12)17/h4-9,17H,1-3H3,(H,16,18). The molecule has 0 heterocycles. The largest absolute Gasteiger partial charge is 0.506 e. The predicted octanol–water partition coefficient (Wildman–Crippen LogP) is 2.74. The third kappa shape index (κ3) is 2.82. The highest BCUT2D eigenvalue weighted by Gasteiger charge is 2.23. The molecule has 2 aromatic carbocycles. The molecule has 2 N–H and O–H groups in total. The molecule has 0 aliphatic carbocycles. The molecular formula is C15H17NO3S. The summed E-state index contributed by atoms with van der Waals surface area (Å²) in [5.41, 5.74) is 0.126. The van der Waals surface area contributed by atoms with E-state index < -0.39 is 21.6 Å². The van der Waals surface area contributed by atoms with Crippen LogP contribution in [-0.2, 0) is 11.0 Å². The summed E-state index contributed by atoms with van der Waals surface area (Å²) in [7, 11) is -1.52. The van der Waals surface area contributed by atoms with Crippen molar-refractivity contribution in [1.29, 1.82) is 0 Å². The van der Waals surface area contributed by atoms with Gasteiger partial charge in [-0.05, 0) is 32.2 Å². The Bertz CT molecular complexity index is 689. The van der Waals surface area contributed by atoms with Crippen LogP contribution in [0.2, 0.25) is 0 Å². The topological polar surface area (TPSA) is 66.4 Å². The van der Waals surface area contributed by atoms with Crippen LogP contribution in [0.25, 0.3) is 10.8 Å². The summed E-state index contributed by atoms with van der Waals surface area (Å²) in [6.07, 6.45) is 0. The molecule has 0 aliphatic heterocycles. The number of phenols is 1.